The minimum atomic E-state index is -0.968. The summed E-state index contributed by atoms with van der Waals surface area (Å²) >= 11 is 0. The molecule has 3 N–H and O–H groups in total. The third-order valence-electron chi connectivity index (χ3n) is 6.99. The summed E-state index contributed by atoms with van der Waals surface area (Å²) in [5.74, 6) is -1.82. The van der Waals surface area contributed by atoms with Crippen LogP contribution in [0.5, 0.6) is 0 Å². The van der Waals surface area contributed by atoms with Crippen LogP contribution < -0.4 is 10.6 Å². The molecule has 5 atom stereocenters. The first-order chi connectivity index (χ1) is 14.4. The van der Waals surface area contributed by atoms with E-state index in [0.29, 0.717) is 32.4 Å². The number of unbranched alkanes of at least 4 members (excludes halogenated alkanes) is 2. The van der Waals surface area contributed by atoms with Crippen LogP contribution in [0.15, 0.2) is 0 Å². The number of nitrogens with zero attached hydrogens (tertiary/aromatic N) is 1. The molecule has 3 heterocycles. The molecule has 2 unspecified atom stereocenters. The van der Waals surface area contributed by atoms with Gasteiger partial charge in [0.1, 0.15) is 11.6 Å². The third-order valence-corrected chi connectivity index (χ3v) is 6.99. The molecular weight excluding hydrogens is 386 g/mol. The van der Waals surface area contributed by atoms with Crippen molar-refractivity contribution in [2.24, 2.45) is 11.8 Å². The van der Waals surface area contributed by atoms with Crippen LogP contribution in [-0.2, 0) is 19.1 Å². The second-order valence-electron chi connectivity index (χ2n) is 9.13. The van der Waals surface area contributed by atoms with Crippen molar-refractivity contribution in [1.82, 2.24) is 15.5 Å². The summed E-state index contributed by atoms with van der Waals surface area (Å²) < 4.78 is 6.48. The first kappa shape index (κ1) is 23.0. The Kier molecular flexibility index (Phi) is 7.07. The number of carbonyl (C=O) groups is 3. The molecule has 3 amide bonds. The fraction of sp³-hybridized carbons (Fsp3) is 0.864. The van der Waals surface area contributed by atoms with Crippen LogP contribution >= 0.6 is 0 Å². The Hall–Kier alpha value is -1.67. The van der Waals surface area contributed by atoms with Crippen molar-refractivity contribution in [2.45, 2.75) is 83.0 Å². The smallest absolute Gasteiger partial charge is 0.245 e. The molecular formula is C22H37N3O5. The highest BCUT2D eigenvalue weighted by molar-refractivity contribution is 5.99. The molecule has 3 rings (SSSR count). The zero-order chi connectivity index (χ0) is 21.9. The maximum Gasteiger partial charge on any atom is 0.245 e. The van der Waals surface area contributed by atoms with Crippen molar-refractivity contribution in [1.29, 1.82) is 0 Å². The van der Waals surface area contributed by atoms with Gasteiger partial charge < -0.3 is 25.4 Å². The largest absolute Gasteiger partial charge is 0.396 e. The van der Waals surface area contributed by atoms with E-state index in [-0.39, 0.29) is 30.9 Å². The van der Waals surface area contributed by atoms with E-state index < -0.39 is 29.1 Å². The fourth-order valence-electron chi connectivity index (χ4n) is 5.65. The second-order valence-corrected chi connectivity index (χ2v) is 9.13. The molecule has 1 spiro atoms. The summed E-state index contributed by atoms with van der Waals surface area (Å²) in [5, 5.41) is 15.2. The summed E-state index contributed by atoms with van der Waals surface area (Å²) in [6.45, 7) is 7.32. The van der Waals surface area contributed by atoms with E-state index in [1.807, 2.05) is 13.8 Å². The predicted octanol–water partition coefficient (Wildman–Crippen LogP) is 0.966. The minimum absolute atomic E-state index is 0.0642. The van der Waals surface area contributed by atoms with Crippen molar-refractivity contribution < 1.29 is 24.2 Å². The summed E-state index contributed by atoms with van der Waals surface area (Å²) in [6, 6.07) is -0.756. The van der Waals surface area contributed by atoms with Gasteiger partial charge in [-0.05, 0) is 39.0 Å². The molecule has 3 saturated heterocycles. The van der Waals surface area contributed by atoms with Gasteiger partial charge in [0.2, 0.25) is 17.7 Å². The second kappa shape index (κ2) is 9.22. The zero-order valence-corrected chi connectivity index (χ0v) is 18.5. The van der Waals surface area contributed by atoms with Gasteiger partial charge in [-0.1, -0.05) is 26.7 Å². The quantitative estimate of drug-likeness (QED) is 0.429. The molecule has 3 aliphatic heterocycles. The number of ether oxygens (including phenoxy) is 1. The highest BCUT2D eigenvalue weighted by atomic mass is 16.5. The standard InChI is InChI=1S/C22H37N3O5/c1-4-6-7-12-24-19(28)17-22-10-9-21(3,30-22)15(18(27)23-11-5-2)16(22)20(29)25(17)13-8-14-26/h15-17,26H,4-14H2,1-3H3,(H,23,27)(H,24,28)/t15-,16+,17?,21+,22?/m1/s1. The van der Waals surface area contributed by atoms with Crippen LogP contribution in [0.25, 0.3) is 0 Å². The fourth-order valence-corrected chi connectivity index (χ4v) is 5.65. The monoisotopic (exact) mass is 423 g/mol. The van der Waals surface area contributed by atoms with E-state index in [9.17, 15) is 19.5 Å². The van der Waals surface area contributed by atoms with Gasteiger partial charge in [-0.3, -0.25) is 14.4 Å². The lowest BCUT2D eigenvalue weighted by Gasteiger charge is -2.33. The number of hydrogen-bond donors (Lipinski definition) is 3. The number of amides is 3. The molecule has 170 valence electrons. The molecule has 0 aromatic rings. The van der Waals surface area contributed by atoms with Gasteiger partial charge in [-0.15, -0.1) is 0 Å². The van der Waals surface area contributed by atoms with Crippen molar-refractivity contribution in [3.05, 3.63) is 0 Å². The average Bonchev–Trinajstić information content (AvgIpc) is 3.28. The van der Waals surface area contributed by atoms with Crippen molar-refractivity contribution >= 4 is 17.7 Å². The maximum absolute atomic E-state index is 13.5. The number of aliphatic hydroxyl groups is 1. The number of rotatable bonds is 11. The minimum Gasteiger partial charge on any atom is -0.396 e. The van der Waals surface area contributed by atoms with Gasteiger partial charge in [0, 0.05) is 26.2 Å². The Morgan fingerprint density at radius 1 is 1.10 bits per heavy atom. The lowest BCUT2D eigenvalue weighted by molar-refractivity contribution is -0.146. The van der Waals surface area contributed by atoms with Gasteiger partial charge in [-0.2, -0.15) is 0 Å². The molecule has 0 aromatic carbocycles. The van der Waals surface area contributed by atoms with Crippen molar-refractivity contribution in [3.63, 3.8) is 0 Å². The van der Waals surface area contributed by atoms with Crippen LogP contribution in [0.3, 0.4) is 0 Å². The number of fused-ring (bicyclic) bond motifs is 1. The molecule has 0 radical (unpaired) electrons. The number of aliphatic hydroxyl groups excluding tert-OH is 1. The molecule has 0 aromatic heterocycles. The Morgan fingerprint density at radius 2 is 1.83 bits per heavy atom. The van der Waals surface area contributed by atoms with Crippen LogP contribution in [-0.4, -0.2) is 71.2 Å². The SMILES string of the molecule is CCCCCNC(=O)C1N(CCCO)C(=O)[C@@H]2[C@H](C(=O)NCCC)[C@]3(C)CCC12O3. The third kappa shape index (κ3) is 3.73. The molecule has 3 aliphatic rings. The van der Waals surface area contributed by atoms with E-state index in [1.165, 1.54) is 0 Å². The normalized spacial score (nSPS) is 34.3. The van der Waals surface area contributed by atoms with E-state index >= 15 is 0 Å². The molecule has 0 saturated carbocycles. The molecule has 2 bridgehead atoms. The average molecular weight is 424 g/mol. The lowest BCUT2D eigenvalue weighted by atomic mass is 9.66. The van der Waals surface area contributed by atoms with Crippen LogP contribution in [0.2, 0.25) is 0 Å². The van der Waals surface area contributed by atoms with Gasteiger partial charge in [0.15, 0.2) is 0 Å². The van der Waals surface area contributed by atoms with Gasteiger partial charge in [0.05, 0.1) is 17.4 Å². The molecule has 8 nitrogen and oxygen atoms in total. The molecule has 3 fully saturated rings. The molecule has 30 heavy (non-hydrogen) atoms. The van der Waals surface area contributed by atoms with E-state index in [2.05, 4.69) is 17.6 Å². The van der Waals surface area contributed by atoms with E-state index in [1.54, 1.807) is 4.90 Å². The van der Waals surface area contributed by atoms with Crippen molar-refractivity contribution in [3.8, 4) is 0 Å². The summed E-state index contributed by atoms with van der Waals surface area (Å²) in [7, 11) is 0. The van der Waals surface area contributed by atoms with Gasteiger partial charge in [-0.25, -0.2) is 0 Å². The van der Waals surface area contributed by atoms with E-state index in [0.717, 1.165) is 25.7 Å². The Morgan fingerprint density at radius 3 is 2.50 bits per heavy atom. The molecule has 0 aliphatic carbocycles. The number of hydrogen-bond acceptors (Lipinski definition) is 5. The van der Waals surface area contributed by atoms with Gasteiger partial charge >= 0.3 is 0 Å². The zero-order valence-electron chi connectivity index (χ0n) is 18.5. The first-order valence-corrected chi connectivity index (χ1v) is 11.5. The van der Waals surface area contributed by atoms with E-state index in [4.69, 9.17) is 4.74 Å². The summed E-state index contributed by atoms with van der Waals surface area (Å²) in [6.07, 6.45) is 5.40. The number of nitrogens with one attached hydrogen (secondary N) is 2. The maximum atomic E-state index is 13.5. The Bertz CT molecular complexity index is 671. The van der Waals surface area contributed by atoms with Gasteiger partial charge in [0.25, 0.3) is 0 Å². The van der Waals surface area contributed by atoms with Crippen LogP contribution in [0.1, 0.15) is 65.7 Å². The summed E-state index contributed by atoms with van der Waals surface area (Å²) in [5.41, 5.74) is -1.70. The predicted molar refractivity (Wildman–Crippen MR) is 111 cm³/mol. The van der Waals surface area contributed by atoms with Crippen LogP contribution in [0, 0.1) is 11.8 Å². The summed E-state index contributed by atoms with van der Waals surface area (Å²) in [4.78, 5) is 41.3. The first-order valence-electron chi connectivity index (χ1n) is 11.5. The Labute approximate surface area is 179 Å². The topological polar surface area (TPSA) is 108 Å². The highest BCUT2D eigenvalue weighted by Crippen LogP contribution is 2.63. The lowest BCUT2D eigenvalue weighted by Crippen LogP contribution is -2.55. The van der Waals surface area contributed by atoms with Crippen molar-refractivity contribution in [2.75, 3.05) is 26.2 Å². The molecule has 8 heteroatoms. The Balaban J connectivity index is 1.89. The number of likely N-dealkylation sites (tertiary alicyclic amines) is 1. The highest BCUT2D eigenvalue weighted by Gasteiger charge is 2.77. The van der Waals surface area contributed by atoms with Crippen LogP contribution in [0.4, 0.5) is 0 Å². The number of carbonyl (C=O) groups excluding carboxylic acids is 3.